The molecule has 0 atom stereocenters. The van der Waals surface area contributed by atoms with Gasteiger partial charge >= 0.3 is 5.69 Å². The first kappa shape index (κ1) is 7.59. The number of anilines is 2. The Morgan fingerprint density at radius 1 is 1.46 bits per heavy atom. The summed E-state index contributed by atoms with van der Waals surface area (Å²) in [6.07, 6.45) is 0. The van der Waals surface area contributed by atoms with Crippen molar-refractivity contribution in [3.63, 3.8) is 0 Å². The summed E-state index contributed by atoms with van der Waals surface area (Å²) in [5.74, 6) is -0.329. The number of H-pyrrole nitrogens is 1. The molecule has 0 bridgehead atoms. The zero-order valence-corrected chi connectivity index (χ0v) is 6.55. The van der Waals surface area contributed by atoms with E-state index in [1.165, 1.54) is 0 Å². The molecule has 13 heavy (non-hydrogen) atoms. The van der Waals surface area contributed by atoms with Crippen LogP contribution in [0.2, 0.25) is 0 Å². The summed E-state index contributed by atoms with van der Waals surface area (Å²) in [4.78, 5) is 27.6. The molecule has 2 heterocycles. The Hall–Kier alpha value is -2.05. The van der Waals surface area contributed by atoms with Crippen molar-refractivity contribution in [1.29, 1.82) is 0 Å². The lowest BCUT2D eigenvalue weighted by Gasteiger charge is -2.01. The minimum Gasteiger partial charge on any atom is -0.364 e. The van der Waals surface area contributed by atoms with E-state index < -0.39 is 11.6 Å². The number of aromatic nitrogens is 2. The Bertz CT molecular complexity index is 424. The molecule has 0 aliphatic carbocycles. The van der Waals surface area contributed by atoms with Crippen molar-refractivity contribution >= 4 is 17.4 Å². The summed E-state index contributed by atoms with van der Waals surface area (Å²) in [6, 6.07) is 0. The van der Waals surface area contributed by atoms with Crippen molar-refractivity contribution in [2.24, 2.45) is 5.73 Å². The number of hydrogen-bond donors (Lipinski definition) is 4. The van der Waals surface area contributed by atoms with Gasteiger partial charge in [0, 0.05) is 0 Å². The first-order chi connectivity index (χ1) is 6.18. The Balaban J connectivity index is 2.69. The van der Waals surface area contributed by atoms with Gasteiger partial charge in [0.25, 0.3) is 5.91 Å². The molecular formula is C6H7N5O2. The third kappa shape index (κ3) is 1.10. The number of rotatable bonds is 1. The summed E-state index contributed by atoms with van der Waals surface area (Å²) < 4.78 is 0. The van der Waals surface area contributed by atoms with Gasteiger partial charge in [-0.05, 0) is 0 Å². The lowest BCUT2D eigenvalue weighted by molar-refractivity contribution is 0.0996. The van der Waals surface area contributed by atoms with E-state index >= 15 is 0 Å². The molecule has 0 saturated carbocycles. The third-order valence-corrected chi connectivity index (χ3v) is 1.70. The van der Waals surface area contributed by atoms with E-state index in [1.807, 2.05) is 0 Å². The number of carbonyl (C=O) groups is 1. The standard InChI is InChI=1S/C6H7N5O2/c7-4(12)2-3-5(9-1-8-3)11-6(13)10-2/h8H,1H2,(H2,7,12)(H2,9,10,11,13). The maximum atomic E-state index is 10.9. The maximum absolute atomic E-state index is 10.9. The van der Waals surface area contributed by atoms with Crippen LogP contribution in [0.1, 0.15) is 10.5 Å². The highest BCUT2D eigenvalue weighted by Crippen LogP contribution is 2.23. The Kier molecular flexibility index (Phi) is 1.44. The topological polar surface area (TPSA) is 113 Å². The zero-order valence-electron chi connectivity index (χ0n) is 6.55. The Morgan fingerprint density at radius 2 is 2.23 bits per heavy atom. The maximum Gasteiger partial charge on any atom is 0.347 e. The van der Waals surface area contributed by atoms with E-state index in [4.69, 9.17) is 5.73 Å². The number of carbonyl (C=O) groups excluding carboxylic acids is 1. The van der Waals surface area contributed by atoms with Gasteiger partial charge in [0.15, 0.2) is 5.82 Å². The molecule has 0 aromatic carbocycles. The summed E-state index contributed by atoms with van der Waals surface area (Å²) >= 11 is 0. The number of nitrogens with zero attached hydrogens (tertiary/aromatic N) is 1. The summed E-state index contributed by atoms with van der Waals surface area (Å²) in [6.45, 7) is 0.430. The molecule has 1 aromatic rings. The van der Waals surface area contributed by atoms with E-state index in [-0.39, 0.29) is 5.69 Å². The van der Waals surface area contributed by atoms with Gasteiger partial charge in [-0.1, -0.05) is 0 Å². The molecule has 0 fully saturated rings. The average Bonchev–Trinajstić information content (AvgIpc) is 2.49. The van der Waals surface area contributed by atoms with Gasteiger partial charge in [0.2, 0.25) is 0 Å². The molecule has 1 aliphatic rings. The number of nitrogens with one attached hydrogen (secondary N) is 3. The molecule has 0 spiro atoms. The SMILES string of the molecule is NC(=O)c1[nH]c(=O)nc2c1NCN2. The number of nitrogens with two attached hydrogens (primary N) is 1. The third-order valence-electron chi connectivity index (χ3n) is 1.70. The van der Waals surface area contributed by atoms with Crippen LogP contribution in [0.4, 0.5) is 11.5 Å². The molecule has 5 N–H and O–H groups in total. The van der Waals surface area contributed by atoms with Crippen LogP contribution < -0.4 is 22.1 Å². The number of aromatic amines is 1. The van der Waals surface area contributed by atoms with E-state index in [0.717, 1.165) is 0 Å². The van der Waals surface area contributed by atoms with Crippen LogP contribution in [-0.2, 0) is 0 Å². The number of fused-ring (bicyclic) bond motifs is 1. The zero-order chi connectivity index (χ0) is 9.42. The van der Waals surface area contributed by atoms with E-state index in [9.17, 15) is 9.59 Å². The first-order valence-corrected chi connectivity index (χ1v) is 3.60. The molecule has 68 valence electrons. The molecule has 1 aliphatic heterocycles. The van der Waals surface area contributed by atoms with Crippen molar-refractivity contribution < 1.29 is 4.79 Å². The molecule has 2 rings (SSSR count). The highest BCUT2D eigenvalue weighted by atomic mass is 16.2. The van der Waals surface area contributed by atoms with Crippen molar-refractivity contribution in [3.8, 4) is 0 Å². The van der Waals surface area contributed by atoms with Gasteiger partial charge in [0.1, 0.15) is 11.4 Å². The fourth-order valence-corrected chi connectivity index (χ4v) is 1.17. The molecule has 0 radical (unpaired) electrons. The second-order valence-corrected chi connectivity index (χ2v) is 2.54. The van der Waals surface area contributed by atoms with Crippen LogP contribution in [0.5, 0.6) is 0 Å². The highest BCUT2D eigenvalue weighted by molar-refractivity contribution is 5.99. The van der Waals surface area contributed by atoms with Gasteiger partial charge in [-0.3, -0.25) is 9.78 Å². The van der Waals surface area contributed by atoms with E-state index in [2.05, 4.69) is 20.6 Å². The fraction of sp³-hybridized carbons (Fsp3) is 0.167. The summed E-state index contributed by atoms with van der Waals surface area (Å²) in [5.41, 5.74) is 4.96. The smallest absolute Gasteiger partial charge is 0.347 e. The molecule has 7 nitrogen and oxygen atoms in total. The Labute approximate surface area is 72.4 Å². The quantitative estimate of drug-likeness (QED) is 0.428. The fourth-order valence-electron chi connectivity index (χ4n) is 1.17. The largest absolute Gasteiger partial charge is 0.364 e. The van der Waals surface area contributed by atoms with Crippen LogP contribution in [0.3, 0.4) is 0 Å². The van der Waals surface area contributed by atoms with Gasteiger partial charge < -0.3 is 16.4 Å². The summed E-state index contributed by atoms with van der Waals surface area (Å²) in [5, 5.41) is 5.62. The van der Waals surface area contributed by atoms with Crippen LogP contribution in [-0.4, -0.2) is 22.5 Å². The van der Waals surface area contributed by atoms with Crippen LogP contribution in [0, 0.1) is 0 Å². The van der Waals surface area contributed by atoms with E-state index in [1.54, 1.807) is 0 Å². The number of primary amides is 1. The predicted molar refractivity (Wildman–Crippen MR) is 45.5 cm³/mol. The lowest BCUT2D eigenvalue weighted by atomic mass is 10.3. The van der Waals surface area contributed by atoms with Gasteiger partial charge in [-0.15, -0.1) is 0 Å². The minimum absolute atomic E-state index is 0.0556. The van der Waals surface area contributed by atoms with Crippen molar-refractivity contribution in [2.75, 3.05) is 17.3 Å². The van der Waals surface area contributed by atoms with Crippen molar-refractivity contribution in [3.05, 3.63) is 16.2 Å². The summed E-state index contributed by atoms with van der Waals surface area (Å²) in [7, 11) is 0. The molecule has 7 heteroatoms. The first-order valence-electron chi connectivity index (χ1n) is 3.60. The monoisotopic (exact) mass is 181 g/mol. The van der Waals surface area contributed by atoms with Crippen molar-refractivity contribution in [2.45, 2.75) is 0 Å². The van der Waals surface area contributed by atoms with Crippen LogP contribution in [0.15, 0.2) is 4.79 Å². The second kappa shape index (κ2) is 2.47. The van der Waals surface area contributed by atoms with Gasteiger partial charge in [-0.25, -0.2) is 4.79 Å². The van der Waals surface area contributed by atoms with Gasteiger partial charge in [-0.2, -0.15) is 4.98 Å². The second-order valence-electron chi connectivity index (χ2n) is 2.54. The highest BCUT2D eigenvalue weighted by Gasteiger charge is 2.19. The molecule has 0 unspecified atom stereocenters. The average molecular weight is 181 g/mol. The Morgan fingerprint density at radius 3 is 2.92 bits per heavy atom. The predicted octanol–water partition coefficient (Wildman–Crippen LogP) is -1.34. The van der Waals surface area contributed by atoms with E-state index in [0.29, 0.717) is 18.2 Å². The van der Waals surface area contributed by atoms with Crippen LogP contribution >= 0.6 is 0 Å². The van der Waals surface area contributed by atoms with Crippen LogP contribution in [0.25, 0.3) is 0 Å². The lowest BCUT2D eigenvalue weighted by Crippen LogP contribution is -2.21. The molecule has 1 amide bonds. The van der Waals surface area contributed by atoms with Gasteiger partial charge in [0.05, 0.1) is 6.67 Å². The van der Waals surface area contributed by atoms with Crippen molar-refractivity contribution in [1.82, 2.24) is 9.97 Å². The molecule has 1 aromatic heterocycles. The minimum atomic E-state index is -0.688. The normalized spacial score (nSPS) is 12.9. The number of amides is 1. The molecular weight excluding hydrogens is 174 g/mol. The number of hydrogen-bond acceptors (Lipinski definition) is 5. The molecule has 0 saturated heterocycles.